The molecule has 0 heterocycles. The van der Waals surface area contributed by atoms with Gasteiger partial charge in [0.1, 0.15) is 11.7 Å². The minimum atomic E-state index is -1.17. The monoisotopic (exact) mass is 313 g/mol. The molecular weight excluding hydrogens is 298 g/mol. The highest BCUT2D eigenvalue weighted by Gasteiger charge is 2.35. The third-order valence-electron chi connectivity index (χ3n) is 2.91. The third kappa shape index (κ3) is 4.46. The second-order valence-electron chi connectivity index (χ2n) is 4.28. The molecule has 21 heavy (non-hydrogen) atoms. The lowest BCUT2D eigenvalue weighted by atomic mass is 9.90. The minimum Gasteiger partial charge on any atom is -0.468 e. The van der Waals surface area contributed by atoms with Gasteiger partial charge >= 0.3 is 12.1 Å². The Labute approximate surface area is 127 Å². The van der Waals surface area contributed by atoms with E-state index in [0.29, 0.717) is 10.6 Å². The van der Waals surface area contributed by atoms with Crippen molar-refractivity contribution < 1.29 is 23.9 Å². The molecule has 0 aliphatic heterocycles. The number of halogens is 1. The first-order valence-corrected chi connectivity index (χ1v) is 6.46. The number of benzene rings is 1. The Balaban J connectivity index is 3.22. The second-order valence-corrected chi connectivity index (χ2v) is 4.71. The quantitative estimate of drug-likeness (QED) is 0.665. The first kappa shape index (κ1) is 17.0. The van der Waals surface area contributed by atoms with E-state index < -0.39 is 29.8 Å². The first-order chi connectivity index (χ1) is 9.90. The molecule has 1 unspecified atom stereocenters. The van der Waals surface area contributed by atoms with Gasteiger partial charge in [0.05, 0.1) is 20.3 Å². The van der Waals surface area contributed by atoms with Gasteiger partial charge in [0.25, 0.3) is 0 Å². The van der Waals surface area contributed by atoms with Gasteiger partial charge in [-0.3, -0.25) is 9.59 Å². The van der Waals surface area contributed by atoms with Gasteiger partial charge < -0.3 is 14.8 Å². The van der Waals surface area contributed by atoms with Gasteiger partial charge in [0, 0.05) is 5.02 Å². The number of Topliss-reactive ketones (excluding diaryl/α,β-unsaturated/α-hetero) is 1. The summed E-state index contributed by atoms with van der Waals surface area (Å²) in [6.07, 6.45) is -0.759. The van der Waals surface area contributed by atoms with Crippen LogP contribution in [0.1, 0.15) is 18.5 Å². The number of esters is 1. The highest BCUT2D eigenvalue weighted by molar-refractivity contribution is 6.30. The summed E-state index contributed by atoms with van der Waals surface area (Å²) in [5, 5.41) is 2.97. The number of hydrogen-bond acceptors (Lipinski definition) is 5. The predicted molar refractivity (Wildman–Crippen MR) is 75.9 cm³/mol. The number of carbonyl (C=O) groups excluding carboxylic acids is 3. The van der Waals surface area contributed by atoms with Crippen LogP contribution >= 0.6 is 11.6 Å². The summed E-state index contributed by atoms with van der Waals surface area (Å²) in [6.45, 7) is 1.25. The third-order valence-corrected chi connectivity index (χ3v) is 3.17. The van der Waals surface area contributed by atoms with Crippen molar-refractivity contribution in [1.29, 1.82) is 0 Å². The predicted octanol–water partition coefficient (Wildman–Crippen LogP) is 2.12. The lowest BCUT2D eigenvalue weighted by molar-refractivity contribution is -0.150. The fraction of sp³-hybridized carbons (Fsp3) is 0.357. The fourth-order valence-electron chi connectivity index (χ4n) is 1.88. The normalized spacial score (nSPS) is 13.0. The van der Waals surface area contributed by atoms with E-state index in [4.69, 9.17) is 11.6 Å². The number of methoxy groups -OCH3 is 2. The van der Waals surface area contributed by atoms with Gasteiger partial charge in [0.2, 0.25) is 0 Å². The molecule has 0 aliphatic rings. The summed E-state index contributed by atoms with van der Waals surface area (Å²) in [5.74, 6) is -2.34. The molecule has 0 fully saturated rings. The summed E-state index contributed by atoms with van der Waals surface area (Å²) in [7, 11) is 2.37. The maximum Gasteiger partial charge on any atom is 0.407 e. The van der Waals surface area contributed by atoms with Crippen LogP contribution in [0, 0.1) is 5.92 Å². The van der Waals surface area contributed by atoms with E-state index in [0.717, 1.165) is 0 Å². The molecule has 6 nitrogen and oxygen atoms in total. The van der Waals surface area contributed by atoms with E-state index in [9.17, 15) is 14.4 Å². The van der Waals surface area contributed by atoms with Crippen molar-refractivity contribution in [3.63, 3.8) is 0 Å². The average Bonchev–Trinajstić information content (AvgIpc) is 2.46. The number of hydrogen-bond donors (Lipinski definition) is 1. The Morgan fingerprint density at radius 1 is 1.10 bits per heavy atom. The van der Waals surface area contributed by atoms with Crippen LogP contribution in [0.3, 0.4) is 0 Å². The topological polar surface area (TPSA) is 81.7 Å². The zero-order valence-corrected chi connectivity index (χ0v) is 12.6. The van der Waals surface area contributed by atoms with Crippen LogP contribution in [-0.2, 0) is 19.1 Å². The summed E-state index contributed by atoms with van der Waals surface area (Å²) in [5.41, 5.74) is 0.537. The van der Waals surface area contributed by atoms with E-state index in [1.807, 2.05) is 0 Å². The van der Waals surface area contributed by atoms with E-state index in [2.05, 4.69) is 14.8 Å². The second kappa shape index (κ2) is 7.64. The molecule has 1 rings (SSSR count). The van der Waals surface area contributed by atoms with Crippen LogP contribution in [0.5, 0.6) is 0 Å². The van der Waals surface area contributed by atoms with E-state index in [-0.39, 0.29) is 0 Å². The molecule has 1 N–H and O–H groups in total. The van der Waals surface area contributed by atoms with E-state index >= 15 is 0 Å². The highest BCUT2D eigenvalue weighted by Crippen LogP contribution is 2.26. The van der Waals surface area contributed by atoms with E-state index in [1.54, 1.807) is 24.3 Å². The number of ketones is 1. The average molecular weight is 314 g/mol. The molecular formula is C14H16ClNO5. The number of rotatable bonds is 5. The first-order valence-electron chi connectivity index (χ1n) is 6.09. The van der Waals surface area contributed by atoms with Crippen molar-refractivity contribution in [1.82, 2.24) is 5.32 Å². The largest absolute Gasteiger partial charge is 0.468 e. The number of amides is 1. The van der Waals surface area contributed by atoms with Gasteiger partial charge in [-0.1, -0.05) is 23.7 Å². The molecule has 0 bridgehead atoms. The zero-order chi connectivity index (χ0) is 16.0. The molecule has 0 saturated carbocycles. The Morgan fingerprint density at radius 3 is 2.10 bits per heavy atom. The highest BCUT2D eigenvalue weighted by atomic mass is 35.5. The lowest BCUT2D eigenvalue weighted by Crippen LogP contribution is -2.40. The van der Waals surface area contributed by atoms with Gasteiger partial charge in [-0.25, -0.2) is 4.79 Å². The van der Waals surface area contributed by atoms with E-state index in [1.165, 1.54) is 21.1 Å². The Morgan fingerprint density at radius 2 is 1.67 bits per heavy atom. The molecule has 0 saturated heterocycles. The lowest BCUT2D eigenvalue weighted by Gasteiger charge is -2.24. The number of ether oxygens (including phenoxy) is 2. The van der Waals surface area contributed by atoms with Crippen LogP contribution in [0.15, 0.2) is 24.3 Å². The SMILES string of the molecule is COC(=O)N[C@@H](c1ccc(Cl)cc1)C(C(C)=O)C(=O)OC. The van der Waals surface area contributed by atoms with Crippen LogP contribution in [-0.4, -0.2) is 32.1 Å². The molecule has 1 aromatic carbocycles. The van der Waals surface area contributed by atoms with Gasteiger partial charge in [-0.05, 0) is 24.6 Å². The maximum absolute atomic E-state index is 11.8. The van der Waals surface area contributed by atoms with Crippen LogP contribution < -0.4 is 5.32 Å². The summed E-state index contributed by atoms with van der Waals surface area (Å²) in [6, 6.07) is 5.51. The molecule has 0 aromatic heterocycles. The summed E-state index contributed by atoms with van der Waals surface area (Å²) < 4.78 is 9.17. The molecule has 0 aliphatic carbocycles. The van der Waals surface area contributed by atoms with Crippen molar-refractivity contribution in [2.45, 2.75) is 13.0 Å². The smallest absolute Gasteiger partial charge is 0.407 e. The van der Waals surface area contributed by atoms with Crippen molar-refractivity contribution in [2.75, 3.05) is 14.2 Å². The zero-order valence-electron chi connectivity index (χ0n) is 11.9. The molecule has 7 heteroatoms. The van der Waals surface area contributed by atoms with Crippen molar-refractivity contribution in [3.05, 3.63) is 34.9 Å². The number of nitrogens with one attached hydrogen (secondary N) is 1. The van der Waals surface area contributed by atoms with Gasteiger partial charge in [-0.15, -0.1) is 0 Å². The van der Waals surface area contributed by atoms with Gasteiger partial charge in [-0.2, -0.15) is 0 Å². The molecule has 1 aromatic rings. The minimum absolute atomic E-state index is 0.432. The molecule has 0 radical (unpaired) electrons. The number of alkyl carbamates (subject to hydrolysis) is 1. The molecule has 114 valence electrons. The standard InChI is InChI=1S/C14H16ClNO5/c1-8(17)11(13(18)20-2)12(16-14(19)21-3)9-4-6-10(15)7-5-9/h4-7,11-12H,1-3H3,(H,16,19)/t11?,12-/m0/s1. The van der Waals surface area contributed by atoms with Gasteiger partial charge in [0.15, 0.2) is 0 Å². The van der Waals surface area contributed by atoms with Crippen LogP contribution in [0.4, 0.5) is 4.79 Å². The van der Waals surface area contributed by atoms with Crippen molar-refractivity contribution in [3.8, 4) is 0 Å². The molecule has 2 atom stereocenters. The Hall–Kier alpha value is -2.08. The number of carbonyl (C=O) groups is 3. The Bertz CT molecular complexity index is 529. The van der Waals surface area contributed by atoms with Crippen LogP contribution in [0.2, 0.25) is 5.02 Å². The Kier molecular flexibility index (Phi) is 6.17. The van der Waals surface area contributed by atoms with Crippen LogP contribution in [0.25, 0.3) is 0 Å². The fourth-order valence-corrected chi connectivity index (χ4v) is 2.00. The molecule has 0 spiro atoms. The molecule has 1 amide bonds. The summed E-state index contributed by atoms with van der Waals surface area (Å²) in [4.78, 5) is 35.1. The van der Waals surface area contributed by atoms with Crippen molar-refractivity contribution >= 4 is 29.4 Å². The summed E-state index contributed by atoms with van der Waals surface area (Å²) >= 11 is 5.81. The van der Waals surface area contributed by atoms with Crippen molar-refractivity contribution in [2.24, 2.45) is 5.92 Å². The maximum atomic E-state index is 11.8.